The Morgan fingerprint density at radius 3 is 2.82 bits per heavy atom. The highest BCUT2D eigenvalue weighted by Gasteiger charge is 2.37. The first-order valence-electron chi connectivity index (χ1n) is 5.72. The molecule has 1 aliphatic rings. The molecule has 1 aromatic carbocycles. The molecule has 0 spiro atoms. The van der Waals surface area contributed by atoms with Crippen LogP contribution >= 0.6 is 11.6 Å². The normalized spacial score (nSPS) is 17.1. The van der Waals surface area contributed by atoms with Crippen molar-refractivity contribution < 1.29 is 0 Å². The summed E-state index contributed by atoms with van der Waals surface area (Å²) in [4.78, 5) is 4.02. The summed E-state index contributed by atoms with van der Waals surface area (Å²) in [5, 5.41) is 0.741. The summed E-state index contributed by atoms with van der Waals surface area (Å²) in [6.07, 6.45) is 8.51. The Morgan fingerprint density at radius 1 is 1.41 bits per heavy atom. The fourth-order valence-corrected chi connectivity index (χ4v) is 2.32. The van der Waals surface area contributed by atoms with E-state index in [-0.39, 0.29) is 5.54 Å². The van der Waals surface area contributed by atoms with Crippen LogP contribution in [-0.4, -0.2) is 15.1 Å². The Morgan fingerprint density at radius 2 is 2.24 bits per heavy atom. The summed E-state index contributed by atoms with van der Waals surface area (Å²) < 4.78 is 1.90. The molecule has 1 fully saturated rings. The number of aromatic nitrogens is 2. The molecule has 0 amide bonds. The lowest BCUT2D eigenvalue weighted by Gasteiger charge is -2.11. The van der Waals surface area contributed by atoms with E-state index >= 15 is 0 Å². The fourth-order valence-electron chi connectivity index (χ4n) is 2.02. The lowest BCUT2D eigenvalue weighted by Crippen LogP contribution is -2.24. The van der Waals surface area contributed by atoms with E-state index in [0.29, 0.717) is 0 Å². The summed E-state index contributed by atoms with van der Waals surface area (Å²) in [7, 11) is 0. The van der Waals surface area contributed by atoms with Crippen molar-refractivity contribution >= 4 is 11.6 Å². The van der Waals surface area contributed by atoms with E-state index in [9.17, 15) is 0 Å². The molecule has 0 atom stereocenters. The van der Waals surface area contributed by atoms with Gasteiger partial charge in [0.15, 0.2) is 0 Å². The summed E-state index contributed by atoms with van der Waals surface area (Å²) in [5.41, 5.74) is 8.29. The van der Waals surface area contributed by atoms with Crippen LogP contribution in [0.3, 0.4) is 0 Å². The van der Waals surface area contributed by atoms with Crippen LogP contribution in [0.2, 0.25) is 5.02 Å². The highest BCUT2D eigenvalue weighted by Crippen LogP contribution is 2.36. The van der Waals surface area contributed by atoms with Gasteiger partial charge in [0.05, 0.1) is 17.0 Å². The molecule has 1 heterocycles. The van der Waals surface area contributed by atoms with Crippen molar-refractivity contribution in [1.29, 1.82) is 0 Å². The molecule has 0 radical (unpaired) electrons. The number of nitrogens with two attached hydrogens (primary N) is 1. The van der Waals surface area contributed by atoms with Crippen molar-refractivity contribution in [1.82, 2.24) is 9.55 Å². The van der Waals surface area contributed by atoms with Crippen molar-refractivity contribution in [3.8, 4) is 5.69 Å². The molecule has 1 saturated carbocycles. The molecular weight excluding hydrogens is 234 g/mol. The van der Waals surface area contributed by atoms with Crippen molar-refractivity contribution in [2.75, 3.05) is 0 Å². The minimum Gasteiger partial charge on any atom is -0.325 e. The van der Waals surface area contributed by atoms with Gasteiger partial charge in [-0.25, -0.2) is 4.98 Å². The van der Waals surface area contributed by atoms with Gasteiger partial charge in [-0.3, -0.25) is 0 Å². The van der Waals surface area contributed by atoms with Gasteiger partial charge < -0.3 is 10.3 Å². The van der Waals surface area contributed by atoms with Crippen LogP contribution in [0.15, 0.2) is 36.9 Å². The van der Waals surface area contributed by atoms with Gasteiger partial charge >= 0.3 is 0 Å². The monoisotopic (exact) mass is 247 g/mol. The number of hydrogen-bond acceptors (Lipinski definition) is 2. The molecule has 4 heteroatoms. The lowest BCUT2D eigenvalue weighted by molar-refractivity contribution is 0.672. The van der Waals surface area contributed by atoms with E-state index in [1.54, 1.807) is 12.5 Å². The first-order chi connectivity index (χ1) is 8.16. The summed E-state index contributed by atoms with van der Waals surface area (Å²) in [5.74, 6) is 0. The summed E-state index contributed by atoms with van der Waals surface area (Å²) in [6.45, 7) is 0. The molecule has 0 unspecified atom stereocenters. The van der Waals surface area contributed by atoms with E-state index in [2.05, 4.69) is 11.1 Å². The Hall–Kier alpha value is -1.32. The maximum absolute atomic E-state index is 6.28. The van der Waals surface area contributed by atoms with Crippen LogP contribution < -0.4 is 5.73 Å². The molecule has 0 aliphatic heterocycles. The molecule has 0 saturated heterocycles. The molecule has 0 bridgehead atoms. The van der Waals surface area contributed by atoms with Crippen molar-refractivity contribution in [3.05, 3.63) is 47.5 Å². The van der Waals surface area contributed by atoms with E-state index in [0.717, 1.165) is 30.0 Å². The second kappa shape index (κ2) is 3.86. The van der Waals surface area contributed by atoms with E-state index in [1.165, 1.54) is 5.56 Å². The minimum atomic E-state index is 0.0276. The molecule has 17 heavy (non-hydrogen) atoms. The zero-order chi connectivity index (χ0) is 11.9. The maximum Gasteiger partial charge on any atom is 0.0992 e. The van der Waals surface area contributed by atoms with Crippen molar-refractivity contribution in [2.24, 2.45) is 5.73 Å². The van der Waals surface area contributed by atoms with Crippen LogP contribution in [0.1, 0.15) is 18.4 Å². The third-order valence-electron chi connectivity index (χ3n) is 3.24. The predicted octanol–water partition coefficient (Wildman–Crippen LogP) is 2.56. The number of rotatable bonds is 3. The lowest BCUT2D eigenvalue weighted by atomic mass is 10.0. The highest BCUT2D eigenvalue weighted by molar-refractivity contribution is 6.32. The van der Waals surface area contributed by atoms with Gasteiger partial charge in [0.25, 0.3) is 0 Å². The molecule has 3 nitrogen and oxygen atoms in total. The van der Waals surface area contributed by atoms with Crippen molar-refractivity contribution in [2.45, 2.75) is 24.8 Å². The molecule has 2 aromatic rings. The smallest absolute Gasteiger partial charge is 0.0992 e. The fraction of sp³-hybridized carbons (Fsp3) is 0.308. The first kappa shape index (κ1) is 10.8. The van der Waals surface area contributed by atoms with Crippen LogP contribution in [0.4, 0.5) is 0 Å². The first-order valence-corrected chi connectivity index (χ1v) is 6.10. The Balaban J connectivity index is 1.89. The largest absolute Gasteiger partial charge is 0.325 e. The molecule has 1 aliphatic carbocycles. The van der Waals surface area contributed by atoms with Crippen LogP contribution in [0, 0.1) is 0 Å². The second-order valence-corrected chi connectivity index (χ2v) is 5.20. The SMILES string of the molecule is NC1(Cc2ccc(-n3ccnc3)c(Cl)c2)CC1. The second-order valence-electron chi connectivity index (χ2n) is 4.79. The number of halogens is 1. The van der Waals surface area contributed by atoms with Gasteiger partial charge in [-0.1, -0.05) is 17.7 Å². The van der Waals surface area contributed by atoms with E-state index < -0.39 is 0 Å². The van der Waals surface area contributed by atoms with E-state index in [1.807, 2.05) is 22.9 Å². The maximum atomic E-state index is 6.28. The predicted molar refractivity (Wildman–Crippen MR) is 68.4 cm³/mol. The molecule has 1 aromatic heterocycles. The average Bonchev–Trinajstić information content (AvgIpc) is 2.81. The zero-order valence-corrected chi connectivity index (χ0v) is 10.2. The molecular formula is C13H14ClN3. The van der Waals surface area contributed by atoms with Gasteiger partial charge in [-0.2, -0.15) is 0 Å². The number of benzene rings is 1. The number of hydrogen-bond donors (Lipinski definition) is 1. The van der Waals surface area contributed by atoms with E-state index in [4.69, 9.17) is 17.3 Å². The summed E-state index contributed by atoms with van der Waals surface area (Å²) >= 11 is 6.28. The Labute approximate surface area is 105 Å². The molecule has 2 N–H and O–H groups in total. The van der Waals surface area contributed by atoms with Crippen LogP contribution in [0.5, 0.6) is 0 Å². The third-order valence-corrected chi connectivity index (χ3v) is 3.55. The van der Waals surface area contributed by atoms with Gasteiger partial charge in [0.1, 0.15) is 0 Å². The van der Waals surface area contributed by atoms with Crippen molar-refractivity contribution in [3.63, 3.8) is 0 Å². The highest BCUT2D eigenvalue weighted by atomic mass is 35.5. The van der Waals surface area contributed by atoms with Gasteiger partial charge in [0.2, 0.25) is 0 Å². The van der Waals surface area contributed by atoms with Gasteiger partial charge in [-0.15, -0.1) is 0 Å². The minimum absolute atomic E-state index is 0.0276. The Kier molecular flexibility index (Phi) is 2.45. The average molecular weight is 248 g/mol. The number of nitrogens with zero attached hydrogens (tertiary/aromatic N) is 2. The quantitative estimate of drug-likeness (QED) is 0.906. The van der Waals surface area contributed by atoms with Crippen LogP contribution in [-0.2, 0) is 6.42 Å². The summed E-state index contributed by atoms with van der Waals surface area (Å²) in [6, 6.07) is 6.11. The van der Waals surface area contributed by atoms with Crippen LogP contribution in [0.25, 0.3) is 5.69 Å². The number of imidazole rings is 1. The van der Waals surface area contributed by atoms with Gasteiger partial charge in [0, 0.05) is 17.9 Å². The Bertz CT molecular complexity index is 530. The molecule has 88 valence electrons. The third kappa shape index (κ3) is 2.21. The standard InChI is InChI=1S/C13H14ClN3/c14-11-7-10(8-13(15)3-4-13)1-2-12(11)17-6-5-16-9-17/h1-2,5-7,9H,3-4,8,15H2. The van der Waals surface area contributed by atoms with Gasteiger partial charge in [-0.05, 0) is 37.0 Å². The zero-order valence-electron chi connectivity index (χ0n) is 9.44. The molecule has 3 rings (SSSR count). The topological polar surface area (TPSA) is 43.8 Å².